The summed E-state index contributed by atoms with van der Waals surface area (Å²) in [5.74, 6) is 1.68. The second-order valence-electron chi connectivity index (χ2n) is 13.5. The second kappa shape index (κ2) is 19.8. The number of hydrogen-bond donors (Lipinski definition) is 6. The van der Waals surface area contributed by atoms with Gasteiger partial charge in [0.05, 0.1) is 32.7 Å². The van der Waals surface area contributed by atoms with E-state index in [1.807, 2.05) is 55.6 Å². The Bertz CT molecular complexity index is 1540. The summed E-state index contributed by atoms with van der Waals surface area (Å²) in [7, 11) is 3.42. The number of ether oxygens (including phenoxy) is 2. The minimum atomic E-state index is -1.32. The molecular weight excluding hydrogens is 673 g/mol. The molecule has 2 aromatic carbocycles. The van der Waals surface area contributed by atoms with Crippen molar-refractivity contribution in [2.75, 3.05) is 53.1 Å². The summed E-state index contributed by atoms with van der Waals surface area (Å²) >= 11 is 0.899. The number of carbonyl (C=O) groups excluding carboxylic acids is 3. The van der Waals surface area contributed by atoms with Gasteiger partial charge in [0.15, 0.2) is 0 Å². The molecule has 3 amide bonds. The van der Waals surface area contributed by atoms with Gasteiger partial charge in [-0.25, -0.2) is 11.4 Å². The fourth-order valence-corrected chi connectivity index (χ4v) is 6.08. The van der Waals surface area contributed by atoms with Gasteiger partial charge < -0.3 is 40.3 Å². The summed E-state index contributed by atoms with van der Waals surface area (Å²) in [6.07, 6.45) is 2.65. The summed E-state index contributed by atoms with van der Waals surface area (Å²) in [5.41, 5.74) is 3.75. The topological polar surface area (TPSA) is 161 Å². The monoisotopic (exact) mass is 726 g/mol. The van der Waals surface area contributed by atoms with E-state index in [0.717, 1.165) is 39.2 Å². The molecule has 13 heteroatoms. The summed E-state index contributed by atoms with van der Waals surface area (Å²) in [5, 5.41) is 38.8. The maximum absolute atomic E-state index is 12.7. The molecule has 1 heterocycles. The zero-order chi connectivity index (χ0) is 37.7. The number of hydrogen-bond acceptors (Lipinski definition) is 9. The number of nitrogens with one attached hydrogen (secondary N) is 2. The van der Waals surface area contributed by atoms with Crippen LogP contribution in [0, 0.1) is 19.3 Å². The zero-order valence-electron chi connectivity index (χ0n) is 30.5. The predicted octanol–water partition coefficient (Wildman–Crippen LogP) is 0.947. The van der Waals surface area contributed by atoms with Crippen molar-refractivity contribution in [1.29, 1.82) is 0 Å². The summed E-state index contributed by atoms with van der Waals surface area (Å²) < 4.78 is 11.8. The molecular formula is C38H54N4O8S. The molecule has 0 bridgehead atoms. The number of nitrogens with zero attached hydrogens (tertiary/aromatic N) is 2. The van der Waals surface area contributed by atoms with Crippen LogP contribution in [-0.2, 0) is 36.9 Å². The van der Waals surface area contributed by atoms with E-state index in [2.05, 4.69) is 16.6 Å². The highest BCUT2D eigenvalue weighted by molar-refractivity contribution is 7.96. The predicted molar refractivity (Wildman–Crippen MR) is 201 cm³/mol. The first-order valence-electron chi connectivity index (χ1n) is 17.0. The highest BCUT2D eigenvalue weighted by Gasteiger charge is 2.43. The molecule has 12 nitrogen and oxygen atoms in total. The molecule has 2 aromatic rings. The standard InChI is InChI=1S/C38H54N4O8S/c1-8-17-42(6)32(44)22-41(5)18-16-39-37(48)38(3,4)40-31(43)15-19-49-23-27-12-10-26(11-13-27)20-29-21-28(14-9-25(29)2)36-35(47)34(46)33(45)30(50-36)24-51-7/h1,9-14,21,24,30,33-36,45-47,51H,15-20,22-23H2,2-7H3,(H,39,48)(H,40,43)/t30?,33-,34+,35-,36+/m1/s1. The molecule has 1 aliphatic heterocycles. The number of rotatable bonds is 17. The van der Waals surface area contributed by atoms with Crippen molar-refractivity contribution < 1.29 is 39.2 Å². The van der Waals surface area contributed by atoms with Crippen LogP contribution in [0.4, 0.5) is 0 Å². The van der Waals surface area contributed by atoms with Crippen LogP contribution < -0.4 is 10.6 Å². The molecule has 0 aromatic heterocycles. The lowest BCUT2D eigenvalue weighted by Gasteiger charge is -2.40. The van der Waals surface area contributed by atoms with Crippen molar-refractivity contribution in [1.82, 2.24) is 20.4 Å². The van der Waals surface area contributed by atoms with E-state index in [1.54, 1.807) is 38.2 Å². The van der Waals surface area contributed by atoms with Gasteiger partial charge >= 0.3 is 0 Å². The highest BCUT2D eigenvalue weighted by atomic mass is 32.1. The lowest BCUT2D eigenvalue weighted by molar-refractivity contribution is -0.204. The molecule has 0 spiro atoms. The van der Waals surface area contributed by atoms with Crippen molar-refractivity contribution in [2.24, 2.45) is 0 Å². The Kier molecular flexibility index (Phi) is 16.3. The van der Waals surface area contributed by atoms with Crippen LogP contribution >= 0.6 is 11.4 Å². The van der Waals surface area contributed by atoms with Gasteiger partial charge in [-0.05, 0) is 73.7 Å². The lowest BCUT2D eigenvalue weighted by Crippen LogP contribution is -2.55. The largest absolute Gasteiger partial charge is 0.387 e. The number of aliphatic hydroxyl groups is 3. The fraction of sp³-hybridized carbons (Fsp3) is 0.526. The molecule has 1 saturated heterocycles. The van der Waals surface area contributed by atoms with Crippen LogP contribution in [0.2, 0.25) is 0 Å². The first-order chi connectivity index (χ1) is 24.2. The van der Waals surface area contributed by atoms with E-state index in [1.165, 1.54) is 4.90 Å². The number of benzene rings is 2. The molecule has 5 atom stereocenters. The van der Waals surface area contributed by atoms with E-state index in [4.69, 9.17) is 15.9 Å². The number of terminal acetylenes is 1. The van der Waals surface area contributed by atoms with Crippen molar-refractivity contribution in [3.63, 3.8) is 0 Å². The first kappa shape index (κ1) is 41.8. The van der Waals surface area contributed by atoms with E-state index in [0.29, 0.717) is 26.1 Å². The van der Waals surface area contributed by atoms with Gasteiger partial charge in [0, 0.05) is 20.1 Å². The molecule has 51 heavy (non-hydrogen) atoms. The number of thiol groups is 1. The highest BCUT2D eigenvalue weighted by Crippen LogP contribution is 2.33. The Morgan fingerprint density at radius 2 is 1.75 bits per heavy atom. The third kappa shape index (κ3) is 12.5. The van der Waals surface area contributed by atoms with E-state index in [9.17, 15) is 29.7 Å². The maximum Gasteiger partial charge on any atom is 0.245 e. The van der Waals surface area contributed by atoms with Crippen LogP contribution in [0.25, 0.3) is 0 Å². The van der Waals surface area contributed by atoms with Crippen LogP contribution in [-0.4, -0.2) is 131 Å². The van der Waals surface area contributed by atoms with Crippen LogP contribution in [0.5, 0.6) is 0 Å². The van der Waals surface area contributed by atoms with Gasteiger partial charge in [-0.2, -0.15) is 0 Å². The van der Waals surface area contributed by atoms with Gasteiger partial charge in [-0.15, -0.1) is 6.42 Å². The Hall–Kier alpha value is -3.61. The van der Waals surface area contributed by atoms with Crippen LogP contribution in [0.1, 0.15) is 54.2 Å². The van der Waals surface area contributed by atoms with E-state index in [-0.39, 0.29) is 43.8 Å². The van der Waals surface area contributed by atoms with E-state index < -0.39 is 36.1 Å². The average molecular weight is 727 g/mol. The molecule has 1 fully saturated rings. The molecule has 0 aliphatic carbocycles. The maximum atomic E-state index is 12.7. The number of aliphatic hydroxyl groups excluding tert-OH is 3. The minimum Gasteiger partial charge on any atom is -0.387 e. The Labute approximate surface area is 305 Å². The molecule has 5 N–H and O–H groups in total. The molecule has 0 radical (unpaired) electrons. The quantitative estimate of drug-likeness (QED) is 0.0604. The van der Waals surface area contributed by atoms with Crippen molar-refractivity contribution in [3.8, 4) is 12.3 Å². The normalized spacial score (nSPS) is 20.8. The fourth-order valence-electron chi connectivity index (χ4n) is 5.54. The molecule has 3 rings (SSSR count). The number of likely N-dealkylation sites (N-methyl/N-ethyl adjacent to an activating group) is 2. The molecule has 1 unspecified atom stereocenters. The second-order valence-corrected chi connectivity index (χ2v) is 14.3. The number of aryl methyl sites for hydroxylation is 1. The van der Waals surface area contributed by atoms with Crippen molar-refractivity contribution in [3.05, 3.63) is 70.3 Å². The average Bonchev–Trinajstić information content (AvgIpc) is 3.08. The Balaban J connectivity index is 1.42. The zero-order valence-corrected chi connectivity index (χ0v) is 31.4. The number of amides is 3. The Morgan fingerprint density at radius 3 is 2.41 bits per heavy atom. The SMILES string of the molecule is C#CCN(C)C(=O)CN(C)CCNC(=O)C(C)(C)NC(=O)CCOCc1ccc(Cc2cc([C@@H]3OC(/C=[SH]\C)[C@@H](O)[C@H](O)[C@H]3O)ccc2C)cc1. The Morgan fingerprint density at radius 1 is 1.06 bits per heavy atom. The summed E-state index contributed by atoms with van der Waals surface area (Å²) in [4.78, 5) is 40.7. The smallest absolute Gasteiger partial charge is 0.245 e. The van der Waals surface area contributed by atoms with Gasteiger partial charge in [0.2, 0.25) is 17.7 Å². The molecule has 0 saturated carbocycles. The van der Waals surface area contributed by atoms with Gasteiger partial charge in [0.25, 0.3) is 0 Å². The summed E-state index contributed by atoms with van der Waals surface area (Å²) in [6, 6.07) is 13.8. The third-order valence-corrected chi connectivity index (χ3v) is 9.36. The van der Waals surface area contributed by atoms with Crippen molar-refractivity contribution in [2.45, 2.75) is 76.3 Å². The molecule has 280 valence electrons. The minimum absolute atomic E-state index is 0.0899. The molecule has 1 aliphatic rings. The van der Waals surface area contributed by atoms with E-state index >= 15 is 0 Å². The van der Waals surface area contributed by atoms with Gasteiger partial charge in [-0.3, -0.25) is 19.3 Å². The van der Waals surface area contributed by atoms with Gasteiger partial charge in [0.1, 0.15) is 36.1 Å². The van der Waals surface area contributed by atoms with Gasteiger partial charge in [-0.1, -0.05) is 48.4 Å². The van der Waals surface area contributed by atoms with Crippen molar-refractivity contribution >= 4 is 34.4 Å². The van der Waals surface area contributed by atoms with Crippen LogP contribution in [0.15, 0.2) is 42.5 Å². The number of carbonyl (C=O) groups is 3. The summed E-state index contributed by atoms with van der Waals surface area (Å²) in [6.45, 7) is 6.95. The lowest BCUT2D eigenvalue weighted by atomic mass is 9.89. The first-order valence-corrected chi connectivity index (χ1v) is 18.4. The third-order valence-electron chi connectivity index (χ3n) is 8.77. The van der Waals surface area contributed by atoms with Crippen LogP contribution in [0.3, 0.4) is 0 Å².